The lowest BCUT2D eigenvalue weighted by molar-refractivity contribution is -0.136. The van der Waals surface area contributed by atoms with Gasteiger partial charge in [0.25, 0.3) is 0 Å². The molecule has 0 aliphatic carbocycles. The first kappa shape index (κ1) is 15.6. The molecule has 4 heteroatoms. The second-order valence-electron chi connectivity index (χ2n) is 5.33. The Bertz CT molecular complexity index is 559. The predicted octanol–water partition coefficient (Wildman–Crippen LogP) is 1.41. The maximum Gasteiger partial charge on any atom is 0.228 e. The summed E-state index contributed by atoms with van der Waals surface area (Å²) in [5, 5.41) is 8.72. The number of carbonyl (C=O) groups is 1. The lowest BCUT2D eigenvalue weighted by atomic mass is 10.0. The highest BCUT2D eigenvalue weighted by atomic mass is 16.5. The molecule has 2 unspecified atom stereocenters. The number of rotatable bonds is 3. The fourth-order valence-corrected chi connectivity index (χ4v) is 2.58. The standard InChI is InChI=1S/C17H21NO3/c1-13-16(8-10-21-13)17(20)18(2)12-15-6-3-5-14(11-15)7-4-9-19/h3,5-6,11,13,16,19H,8-10,12H2,1-2H3. The molecular weight excluding hydrogens is 266 g/mol. The van der Waals surface area contributed by atoms with Crippen molar-refractivity contribution >= 4 is 5.91 Å². The Hall–Kier alpha value is -1.83. The molecule has 1 fully saturated rings. The maximum absolute atomic E-state index is 12.4. The van der Waals surface area contributed by atoms with Gasteiger partial charge in [-0.1, -0.05) is 24.0 Å². The van der Waals surface area contributed by atoms with E-state index in [0.717, 1.165) is 17.5 Å². The van der Waals surface area contributed by atoms with E-state index < -0.39 is 0 Å². The minimum atomic E-state index is -0.151. The van der Waals surface area contributed by atoms with Crippen LogP contribution in [-0.2, 0) is 16.1 Å². The van der Waals surface area contributed by atoms with Gasteiger partial charge in [-0.3, -0.25) is 4.79 Å². The van der Waals surface area contributed by atoms with Crippen LogP contribution in [0.15, 0.2) is 24.3 Å². The number of amides is 1. The zero-order valence-corrected chi connectivity index (χ0v) is 12.5. The highest BCUT2D eigenvalue weighted by Crippen LogP contribution is 2.23. The molecule has 1 amide bonds. The van der Waals surface area contributed by atoms with Crippen molar-refractivity contribution in [3.63, 3.8) is 0 Å². The van der Waals surface area contributed by atoms with Crippen LogP contribution in [0.1, 0.15) is 24.5 Å². The largest absolute Gasteiger partial charge is 0.384 e. The van der Waals surface area contributed by atoms with Crippen LogP contribution in [0.5, 0.6) is 0 Å². The molecular formula is C17H21NO3. The molecule has 0 bridgehead atoms. The van der Waals surface area contributed by atoms with Gasteiger partial charge in [0.1, 0.15) is 6.61 Å². The van der Waals surface area contributed by atoms with E-state index in [1.165, 1.54) is 0 Å². The molecule has 21 heavy (non-hydrogen) atoms. The van der Waals surface area contributed by atoms with Gasteiger partial charge < -0.3 is 14.7 Å². The molecule has 2 rings (SSSR count). The highest BCUT2D eigenvalue weighted by Gasteiger charge is 2.32. The van der Waals surface area contributed by atoms with Crippen molar-refractivity contribution in [1.29, 1.82) is 0 Å². The predicted molar refractivity (Wildman–Crippen MR) is 80.4 cm³/mol. The fourth-order valence-electron chi connectivity index (χ4n) is 2.58. The monoisotopic (exact) mass is 287 g/mol. The summed E-state index contributed by atoms with van der Waals surface area (Å²) >= 11 is 0. The average molecular weight is 287 g/mol. The number of benzene rings is 1. The molecule has 1 heterocycles. The molecule has 2 atom stereocenters. The third-order valence-corrected chi connectivity index (χ3v) is 3.73. The normalized spacial score (nSPS) is 20.7. The highest BCUT2D eigenvalue weighted by molar-refractivity contribution is 5.79. The van der Waals surface area contributed by atoms with Crippen molar-refractivity contribution < 1.29 is 14.6 Å². The van der Waals surface area contributed by atoms with Crippen LogP contribution in [0.25, 0.3) is 0 Å². The molecule has 0 aromatic heterocycles. The summed E-state index contributed by atoms with van der Waals surface area (Å²) in [5.74, 6) is 5.60. The number of ether oxygens (including phenoxy) is 1. The number of aliphatic hydroxyl groups excluding tert-OH is 1. The first-order valence-electron chi connectivity index (χ1n) is 7.17. The van der Waals surface area contributed by atoms with Crippen molar-refractivity contribution in [2.75, 3.05) is 20.3 Å². The number of hydrogen-bond acceptors (Lipinski definition) is 3. The molecule has 1 N–H and O–H groups in total. The summed E-state index contributed by atoms with van der Waals surface area (Å²) in [6.07, 6.45) is 0.800. The molecule has 0 saturated carbocycles. The third kappa shape index (κ3) is 4.07. The number of nitrogens with zero attached hydrogens (tertiary/aromatic N) is 1. The lowest BCUT2D eigenvalue weighted by Gasteiger charge is -2.22. The number of aliphatic hydroxyl groups is 1. The quantitative estimate of drug-likeness (QED) is 0.855. The maximum atomic E-state index is 12.4. The van der Waals surface area contributed by atoms with Gasteiger partial charge in [-0.15, -0.1) is 0 Å². The van der Waals surface area contributed by atoms with Crippen LogP contribution in [0, 0.1) is 17.8 Å². The van der Waals surface area contributed by atoms with Crippen molar-refractivity contribution in [1.82, 2.24) is 4.90 Å². The Morgan fingerprint density at radius 2 is 2.33 bits per heavy atom. The van der Waals surface area contributed by atoms with E-state index in [2.05, 4.69) is 11.8 Å². The van der Waals surface area contributed by atoms with E-state index in [0.29, 0.717) is 13.2 Å². The smallest absolute Gasteiger partial charge is 0.228 e. The van der Waals surface area contributed by atoms with Gasteiger partial charge in [0.05, 0.1) is 12.0 Å². The Kier molecular flexibility index (Phi) is 5.38. The second-order valence-corrected chi connectivity index (χ2v) is 5.33. The van der Waals surface area contributed by atoms with Gasteiger partial charge in [0.15, 0.2) is 0 Å². The summed E-state index contributed by atoms with van der Waals surface area (Å²) in [6.45, 7) is 3.02. The van der Waals surface area contributed by atoms with Gasteiger partial charge in [-0.05, 0) is 31.0 Å². The summed E-state index contributed by atoms with van der Waals surface area (Å²) in [4.78, 5) is 14.1. The van der Waals surface area contributed by atoms with Crippen LogP contribution in [0.2, 0.25) is 0 Å². The van der Waals surface area contributed by atoms with Crippen LogP contribution >= 0.6 is 0 Å². The van der Waals surface area contributed by atoms with Gasteiger partial charge >= 0.3 is 0 Å². The molecule has 1 aliphatic rings. The molecule has 0 radical (unpaired) electrons. The summed E-state index contributed by atoms with van der Waals surface area (Å²) in [6, 6.07) is 7.72. The Morgan fingerprint density at radius 1 is 1.52 bits per heavy atom. The van der Waals surface area contributed by atoms with E-state index in [-0.39, 0.29) is 24.5 Å². The van der Waals surface area contributed by atoms with Crippen LogP contribution in [-0.4, -0.2) is 42.3 Å². The zero-order chi connectivity index (χ0) is 15.2. The van der Waals surface area contributed by atoms with Gasteiger partial charge in [0.2, 0.25) is 5.91 Å². The molecule has 1 aliphatic heterocycles. The molecule has 1 aromatic carbocycles. The Balaban J connectivity index is 2.02. The Labute approximate surface area is 125 Å². The van der Waals surface area contributed by atoms with Crippen LogP contribution in [0.4, 0.5) is 0 Å². The molecule has 1 saturated heterocycles. The minimum absolute atomic E-state index is 0.00158. The van der Waals surface area contributed by atoms with E-state index in [9.17, 15) is 4.79 Å². The average Bonchev–Trinajstić information content (AvgIpc) is 2.90. The summed E-state index contributed by atoms with van der Waals surface area (Å²) in [7, 11) is 1.82. The SMILES string of the molecule is CC1OCCC1C(=O)N(C)Cc1cccc(C#CCO)c1. The van der Waals surface area contributed by atoms with Gasteiger partial charge in [-0.2, -0.15) is 0 Å². The fraction of sp³-hybridized carbons (Fsp3) is 0.471. The lowest BCUT2D eigenvalue weighted by Crippen LogP contribution is -2.35. The number of carbonyl (C=O) groups excluding carboxylic acids is 1. The van der Waals surface area contributed by atoms with Crippen molar-refractivity contribution in [3.8, 4) is 11.8 Å². The molecule has 112 valence electrons. The summed E-state index contributed by atoms with van der Waals surface area (Å²) in [5.41, 5.74) is 1.88. The topological polar surface area (TPSA) is 49.8 Å². The first-order valence-corrected chi connectivity index (χ1v) is 7.17. The Morgan fingerprint density at radius 3 is 3.00 bits per heavy atom. The van der Waals surface area contributed by atoms with Gasteiger partial charge in [-0.25, -0.2) is 0 Å². The first-order chi connectivity index (χ1) is 10.1. The molecule has 0 spiro atoms. The third-order valence-electron chi connectivity index (χ3n) is 3.73. The molecule has 1 aromatic rings. The zero-order valence-electron chi connectivity index (χ0n) is 12.5. The van der Waals surface area contributed by atoms with E-state index in [4.69, 9.17) is 9.84 Å². The van der Waals surface area contributed by atoms with Crippen LogP contribution in [0.3, 0.4) is 0 Å². The van der Waals surface area contributed by atoms with E-state index in [1.807, 2.05) is 38.2 Å². The van der Waals surface area contributed by atoms with Crippen molar-refractivity contribution in [2.24, 2.45) is 5.92 Å². The summed E-state index contributed by atoms with van der Waals surface area (Å²) < 4.78 is 5.46. The van der Waals surface area contributed by atoms with E-state index >= 15 is 0 Å². The van der Waals surface area contributed by atoms with Crippen molar-refractivity contribution in [3.05, 3.63) is 35.4 Å². The van der Waals surface area contributed by atoms with E-state index in [1.54, 1.807) is 4.90 Å². The van der Waals surface area contributed by atoms with Crippen molar-refractivity contribution in [2.45, 2.75) is 26.0 Å². The molecule has 4 nitrogen and oxygen atoms in total. The minimum Gasteiger partial charge on any atom is -0.384 e. The number of hydrogen-bond donors (Lipinski definition) is 1. The van der Waals surface area contributed by atoms with Gasteiger partial charge in [0, 0.05) is 25.8 Å². The second kappa shape index (κ2) is 7.26. The van der Waals surface area contributed by atoms with Crippen LogP contribution < -0.4 is 0 Å².